The zero-order valence-corrected chi connectivity index (χ0v) is 4.63. The second-order valence-corrected chi connectivity index (χ2v) is 1.44. The summed E-state index contributed by atoms with van der Waals surface area (Å²) in [7, 11) is 0. The van der Waals surface area contributed by atoms with Gasteiger partial charge in [-0.05, 0) is 12.4 Å². The minimum Gasteiger partial charge on any atom is -0.324 e. The molecule has 1 aromatic heterocycles. The molecule has 2 N–H and O–H groups in total. The lowest BCUT2D eigenvalue weighted by molar-refractivity contribution is 0.901. The highest BCUT2D eigenvalue weighted by Crippen LogP contribution is 1.90. The lowest BCUT2D eigenvalue weighted by Crippen LogP contribution is -2.01. The van der Waals surface area contributed by atoms with Crippen molar-refractivity contribution in [1.29, 1.82) is 0 Å². The Morgan fingerprint density at radius 1 is 1.78 bits per heavy atom. The molecule has 0 atom stereocenters. The average molecular weight is 128 g/mol. The molecule has 0 fully saturated rings. The molecule has 1 heterocycles. The van der Waals surface area contributed by atoms with Crippen LogP contribution < -0.4 is 5.73 Å². The lowest BCUT2D eigenvalue weighted by Gasteiger charge is -1.92. The van der Waals surface area contributed by atoms with Crippen LogP contribution in [0.4, 0.5) is 0 Å². The molecule has 0 saturated heterocycles. The summed E-state index contributed by atoms with van der Waals surface area (Å²) in [5.41, 5.74) is 5.05. The van der Waals surface area contributed by atoms with Crippen LogP contribution >= 0.6 is 0 Å². The molecule has 1 rings (SSSR count). The monoisotopic (exact) mass is 128 g/mol. The van der Waals surface area contributed by atoms with Gasteiger partial charge in [0.05, 0.1) is 9.24 Å². The van der Waals surface area contributed by atoms with Crippen molar-refractivity contribution in [3.05, 3.63) is 23.8 Å². The van der Waals surface area contributed by atoms with Gasteiger partial charge in [-0.1, -0.05) is 0 Å². The van der Waals surface area contributed by atoms with E-state index in [1.54, 1.807) is 0 Å². The van der Waals surface area contributed by atoms with Gasteiger partial charge in [-0.25, -0.2) is 9.97 Å². The van der Waals surface area contributed by atoms with Crippen molar-refractivity contribution < 1.29 is 6.85 Å². The second-order valence-electron chi connectivity index (χ2n) is 1.44. The summed E-state index contributed by atoms with van der Waals surface area (Å²) >= 11 is 0. The van der Waals surface area contributed by atoms with E-state index in [1.165, 1.54) is 0 Å². The van der Waals surface area contributed by atoms with Crippen LogP contribution in [0.5, 0.6) is 0 Å². The van der Waals surface area contributed by atoms with Gasteiger partial charge in [0.25, 0.3) is 0 Å². The summed E-state index contributed by atoms with van der Waals surface area (Å²) in [4.78, 5) is 7.09. The Labute approximate surface area is 61.0 Å². The first kappa shape index (κ1) is 2.34. The van der Waals surface area contributed by atoms with E-state index in [2.05, 4.69) is 9.97 Å². The van der Waals surface area contributed by atoms with E-state index in [-0.39, 0.29) is 11.4 Å². The lowest BCUT2D eigenvalue weighted by atomic mass is 10.4. The van der Waals surface area contributed by atoms with Gasteiger partial charge in [0.2, 0.25) is 0 Å². The molecule has 3 nitrogen and oxygen atoms in total. The molecule has 0 radical (unpaired) electrons. The van der Waals surface area contributed by atoms with Crippen molar-refractivity contribution in [2.75, 3.05) is 0 Å². The smallest absolute Gasteiger partial charge is 0.141 e. The van der Waals surface area contributed by atoms with E-state index in [9.17, 15) is 0 Å². The summed E-state index contributed by atoms with van der Waals surface area (Å²) in [5.74, 6) is -0.231. The zero-order valence-electron chi connectivity index (χ0n) is 9.63. The summed E-state index contributed by atoms with van der Waals surface area (Å²) in [6.07, 6.45) is 2.11. The number of rotatable bonds is 1. The van der Waals surface area contributed by atoms with Gasteiger partial charge >= 0.3 is 0 Å². The van der Waals surface area contributed by atoms with Crippen molar-refractivity contribution in [3.63, 3.8) is 0 Å². The highest BCUT2D eigenvalue weighted by Gasteiger charge is 1.88. The van der Waals surface area contributed by atoms with Gasteiger partial charge in [0.1, 0.15) is 5.82 Å². The van der Waals surface area contributed by atoms with Crippen LogP contribution in [-0.2, 0) is 6.50 Å². The zero-order chi connectivity index (χ0) is 11.0. The molecule has 3 heteroatoms. The third-order valence-electron chi connectivity index (χ3n) is 0.781. The van der Waals surface area contributed by atoms with Crippen LogP contribution in [0.3, 0.4) is 0 Å². The molecule has 0 aliphatic heterocycles. The van der Waals surface area contributed by atoms with Gasteiger partial charge < -0.3 is 5.73 Å². The van der Waals surface area contributed by atoms with Crippen LogP contribution in [0.1, 0.15) is 18.2 Å². The molecule has 0 bridgehead atoms. The topological polar surface area (TPSA) is 51.8 Å². The molecule has 9 heavy (non-hydrogen) atoms. The maximum absolute atomic E-state index is 7.08. The molecule has 0 spiro atoms. The maximum atomic E-state index is 7.08. The molecular formula is C6H9N3. The van der Waals surface area contributed by atoms with Crippen LogP contribution in [-0.4, -0.2) is 9.97 Å². The second kappa shape index (κ2) is 2.55. The number of nitrogens with zero attached hydrogens (tertiary/aromatic N) is 2. The SMILES string of the molecule is [2H]C([2H])([2H])c1cnc(C([2H])([2H])N)nc1. The van der Waals surface area contributed by atoms with Crippen molar-refractivity contribution in [3.8, 4) is 0 Å². The number of aryl methyl sites for hydroxylation is 1. The van der Waals surface area contributed by atoms with Crippen molar-refractivity contribution in [2.24, 2.45) is 5.73 Å². The molecular weight excluding hydrogens is 114 g/mol. The standard InChI is InChI=1S/C6H9N3/c1-5-3-8-6(2-7)9-4-5/h3-4H,2,7H2,1H3/i1D3,2D2. The fourth-order valence-corrected chi connectivity index (χ4v) is 0.403. The molecule has 0 unspecified atom stereocenters. The summed E-state index contributed by atoms with van der Waals surface area (Å²) in [6.45, 7) is -4.42. The van der Waals surface area contributed by atoms with E-state index in [1.807, 2.05) is 0 Å². The molecule has 0 aliphatic carbocycles. The largest absolute Gasteiger partial charge is 0.324 e. The molecule has 0 amide bonds. The molecule has 48 valence electrons. The summed E-state index contributed by atoms with van der Waals surface area (Å²) < 4.78 is 35.2. The van der Waals surface area contributed by atoms with Gasteiger partial charge in [0, 0.05) is 16.5 Å². The fraction of sp³-hybridized carbons (Fsp3) is 0.333. The Morgan fingerprint density at radius 3 is 2.89 bits per heavy atom. The van der Waals surface area contributed by atoms with Gasteiger partial charge in [-0.2, -0.15) is 0 Å². The molecule has 0 saturated carbocycles. The summed E-state index contributed by atoms with van der Waals surface area (Å²) in [6, 6.07) is 0. The van der Waals surface area contributed by atoms with Crippen LogP contribution in [0, 0.1) is 6.85 Å². The van der Waals surface area contributed by atoms with Crippen molar-refractivity contribution in [1.82, 2.24) is 9.97 Å². The normalized spacial score (nSPS) is 20.8. The van der Waals surface area contributed by atoms with Gasteiger partial charge in [-0.15, -0.1) is 0 Å². The third-order valence-corrected chi connectivity index (χ3v) is 0.781. The number of aromatic nitrogens is 2. The first-order valence-electron chi connectivity index (χ1n) is 4.83. The minimum absolute atomic E-state index is 0.0366. The highest BCUT2D eigenvalue weighted by atomic mass is 14.9. The number of hydrogen-bond donors (Lipinski definition) is 1. The average Bonchev–Trinajstić information content (AvgIpc) is 2.01. The van der Waals surface area contributed by atoms with Crippen LogP contribution in [0.2, 0.25) is 0 Å². The predicted molar refractivity (Wildman–Crippen MR) is 34.7 cm³/mol. The Hall–Kier alpha value is -0.960. The van der Waals surface area contributed by atoms with Crippen molar-refractivity contribution >= 4 is 0 Å². The van der Waals surface area contributed by atoms with E-state index in [0.29, 0.717) is 0 Å². The van der Waals surface area contributed by atoms with E-state index in [4.69, 9.17) is 12.6 Å². The third kappa shape index (κ3) is 1.47. The Balaban J connectivity index is 3.02. The minimum atomic E-state index is -2.28. The number of hydrogen-bond acceptors (Lipinski definition) is 3. The van der Waals surface area contributed by atoms with Crippen LogP contribution in [0.25, 0.3) is 0 Å². The Bertz CT molecular complexity index is 279. The Kier molecular flexibility index (Phi) is 0.663. The first-order chi connectivity index (χ1) is 6.21. The fourth-order valence-electron chi connectivity index (χ4n) is 0.403. The maximum Gasteiger partial charge on any atom is 0.141 e. The highest BCUT2D eigenvalue weighted by molar-refractivity contribution is 5.01. The Morgan fingerprint density at radius 2 is 2.44 bits per heavy atom. The quantitative estimate of drug-likeness (QED) is 0.589. The summed E-state index contributed by atoms with van der Waals surface area (Å²) in [5, 5.41) is 0. The molecule has 1 aromatic rings. The van der Waals surface area contributed by atoms with Crippen LogP contribution in [0.15, 0.2) is 12.4 Å². The predicted octanol–water partition coefficient (Wildman–Crippen LogP) is 0.244. The van der Waals surface area contributed by atoms with E-state index in [0.717, 1.165) is 12.4 Å². The van der Waals surface area contributed by atoms with Gasteiger partial charge in [0.15, 0.2) is 0 Å². The van der Waals surface area contributed by atoms with E-state index >= 15 is 0 Å². The molecule has 0 aliphatic rings. The first-order valence-corrected chi connectivity index (χ1v) is 2.33. The molecule has 0 aromatic carbocycles. The van der Waals surface area contributed by atoms with Gasteiger partial charge in [-0.3, -0.25) is 0 Å². The van der Waals surface area contributed by atoms with E-state index < -0.39 is 13.3 Å². The number of nitrogens with two attached hydrogens (primary N) is 1. The van der Waals surface area contributed by atoms with Crippen molar-refractivity contribution in [2.45, 2.75) is 13.3 Å².